The number of benzene rings is 1. The number of esters is 2. The Morgan fingerprint density at radius 1 is 1.00 bits per heavy atom. The summed E-state index contributed by atoms with van der Waals surface area (Å²) in [5.74, 6) is -0.976. The number of cyclic esters (lactones) is 2. The average molecular weight is 248 g/mol. The van der Waals surface area contributed by atoms with Crippen molar-refractivity contribution in [2.24, 2.45) is 0 Å². The molecule has 0 amide bonds. The standard InChI is InChI=1S/C14H16O4/c1-2-3-4-9-12-17-13(15)10-7-5-6-8-11(10)14(16)18-12/h5-8,12H,2-4,9H2,1H3. The zero-order chi connectivity index (χ0) is 13.0. The molecule has 0 radical (unpaired) electrons. The van der Waals surface area contributed by atoms with Crippen LogP contribution in [-0.2, 0) is 9.47 Å². The fraction of sp³-hybridized carbons (Fsp3) is 0.429. The van der Waals surface area contributed by atoms with Gasteiger partial charge in [-0.15, -0.1) is 0 Å². The van der Waals surface area contributed by atoms with Gasteiger partial charge in [-0.2, -0.15) is 0 Å². The van der Waals surface area contributed by atoms with Crippen LogP contribution in [0.1, 0.15) is 53.3 Å². The van der Waals surface area contributed by atoms with Crippen LogP contribution >= 0.6 is 0 Å². The number of ether oxygens (including phenoxy) is 2. The lowest BCUT2D eigenvalue weighted by Gasteiger charge is -2.14. The summed E-state index contributed by atoms with van der Waals surface area (Å²) in [4.78, 5) is 23.7. The van der Waals surface area contributed by atoms with Gasteiger partial charge in [0.25, 0.3) is 0 Å². The first kappa shape index (κ1) is 12.6. The molecule has 0 aromatic heterocycles. The summed E-state index contributed by atoms with van der Waals surface area (Å²) in [6, 6.07) is 6.55. The second kappa shape index (κ2) is 5.67. The van der Waals surface area contributed by atoms with Gasteiger partial charge in [0.2, 0.25) is 6.29 Å². The molecule has 1 aliphatic heterocycles. The summed E-state index contributed by atoms with van der Waals surface area (Å²) in [6.45, 7) is 2.08. The van der Waals surface area contributed by atoms with Crippen LogP contribution in [-0.4, -0.2) is 18.2 Å². The van der Waals surface area contributed by atoms with E-state index in [1.807, 2.05) is 0 Å². The molecule has 0 atom stereocenters. The summed E-state index contributed by atoms with van der Waals surface area (Å²) in [5, 5.41) is 0. The number of carbonyl (C=O) groups excluding carboxylic acids is 2. The fourth-order valence-corrected chi connectivity index (χ4v) is 1.91. The molecule has 0 aliphatic carbocycles. The van der Waals surface area contributed by atoms with E-state index in [4.69, 9.17) is 9.47 Å². The van der Waals surface area contributed by atoms with Gasteiger partial charge >= 0.3 is 11.9 Å². The highest BCUT2D eigenvalue weighted by atomic mass is 16.7. The van der Waals surface area contributed by atoms with Crippen LogP contribution in [0.25, 0.3) is 0 Å². The average Bonchev–Trinajstić information content (AvgIpc) is 2.49. The van der Waals surface area contributed by atoms with Gasteiger partial charge in [0.1, 0.15) is 0 Å². The van der Waals surface area contributed by atoms with Gasteiger partial charge in [-0.3, -0.25) is 0 Å². The molecule has 0 bridgehead atoms. The maximum atomic E-state index is 11.8. The van der Waals surface area contributed by atoms with Crippen molar-refractivity contribution in [2.45, 2.75) is 38.9 Å². The third kappa shape index (κ3) is 2.70. The van der Waals surface area contributed by atoms with E-state index in [0.717, 1.165) is 19.3 Å². The van der Waals surface area contributed by atoms with Crippen LogP contribution in [0.2, 0.25) is 0 Å². The molecule has 0 spiro atoms. The fourth-order valence-electron chi connectivity index (χ4n) is 1.91. The SMILES string of the molecule is CCCCCC1OC(=O)c2ccccc2C(=O)O1. The Morgan fingerprint density at radius 3 is 2.06 bits per heavy atom. The molecule has 1 aromatic carbocycles. The van der Waals surface area contributed by atoms with E-state index in [1.54, 1.807) is 24.3 Å². The van der Waals surface area contributed by atoms with Crippen molar-refractivity contribution in [2.75, 3.05) is 0 Å². The lowest BCUT2D eigenvalue weighted by Crippen LogP contribution is -2.20. The zero-order valence-corrected chi connectivity index (χ0v) is 10.3. The molecule has 96 valence electrons. The van der Waals surface area contributed by atoms with E-state index in [9.17, 15) is 9.59 Å². The molecule has 1 aliphatic rings. The second-order valence-electron chi connectivity index (χ2n) is 4.28. The third-order valence-electron chi connectivity index (χ3n) is 2.89. The third-order valence-corrected chi connectivity index (χ3v) is 2.89. The van der Waals surface area contributed by atoms with Gasteiger partial charge in [-0.25, -0.2) is 9.59 Å². The van der Waals surface area contributed by atoms with Crippen molar-refractivity contribution >= 4 is 11.9 Å². The molecule has 1 aromatic rings. The van der Waals surface area contributed by atoms with E-state index < -0.39 is 18.2 Å². The summed E-state index contributed by atoms with van der Waals surface area (Å²) in [5.41, 5.74) is 0.556. The van der Waals surface area contributed by atoms with Crippen molar-refractivity contribution in [1.29, 1.82) is 0 Å². The first-order chi connectivity index (χ1) is 8.72. The quantitative estimate of drug-likeness (QED) is 0.607. The van der Waals surface area contributed by atoms with E-state index >= 15 is 0 Å². The van der Waals surface area contributed by atoms with Gasteiger partial charge < -0.3 is 9.47 Å². The predicted octanol–water partition coefficient (Wildman–Crippen LogP) is 2.92. The Hall–Kier alpha value is -1.84. The predicted molar refractivity (Wildman–Crippen MR) is 65.2 cm³/mol. The van der Waals surface area contributed by atoms with Crippen molar-refractivity contribution in [3.63, 3.8) is 0 Å². The highest BCUT2D eigenvalue weighted by Crippen LogP contribution is 2.20. The molecule has 0 saturated carbocycles. The summed E-state index contributed by atoms with van der Waals surface area (Å²) >= 11 is 0. The van der Waals surface area contributed by atoms with E-state index in [2.05, 4.69) is 6.92 Å². The number of carbonyl (C=O) groups is 2. The Labute approximate surface area is 106 Å². The summed E-state index contributed by atoms with van der Waals surface area (Å²) in [6.07, 6.45) is 2.76. The largest absolute Gasteiger partial charge is 0.422 e. The molecule has 0 fully saturated rings. The van der Waals surface area contributed by atoms with Gasteiger partial charge in [-0.05, 0) is 18.6 Å². The van der Waals surface area contributed by atoms with E-state index in [1.165, 1.54) is 0 Å². The molecular formula is C14H16O4. The number of fused-ring (bicyclic) bond motifs is 1. The monoisotopic (exact) mass is 248 g/mol. The second-order valence-corrected chi connectivity index (χ2v) is 4.28. The first-order valence-corrected chi connectivity index (χ1v) is 6.23. The molecule has 2 rings (SSSR count). The van der Waals surface area contributed by atoms with Gasteiger partial charge in [0, 0.05) is 6.42 Å². The molecule has 0 unspecified atom stereocenters. The molecule has 0 saturated heterocycles. The number of hydrogen-bond donors (Lipinski definition) is 0. The Bertz CT molecular complexity index is 416. The van der Waals surface area contributed by atoms with Crippen molar-refractivity contribution in [3.8, 4) is 0 Å². The molecule has 4 nitrogen and oxygen atoms in total. The lowest BCUT2D eigenvalue weighted by atomic mass is 10.1. The molecule has 0 N–H and O–H groups in total. The van der Waals surface area contributed by atoms with E-state index in [-0.39, 0.29) is 11.1 Å². The van der Waals surface area contributed by atoms with Crippen molar-refractivity contribution in [1.82, 2.24) is 0 Å². The van der Waals surface area contributed by atoms with Gasteiger partial charge in [0.05, 0.1) is 11.1 Å². The van der Waals surface area contributed by atoms with Gasteiger partial charge in [0.15, 0.2) is 0 Å². The van der Waals surface area contributed by atoms with Crippen LogP contribution in [0.3, 0.4) is 0 Å². The molecular weight excluding hydrogens is 232 g/mol. The summed E-state index contributed by atoms with van der Waals surface area (Å²) < 4.78 is 10.3. The highest BCUT2D eigenvalue weighted by Gasteiger charge is 2.29. The molecule has 4 heteroatoms. The number of unbranched alkanes of at least 4 members (excludes halogenated alkanes) is 2. The first-order valence-electron chi connectivity index (χ1n) is 6.23. The summed E-state index contributed by atoms with van der Waals surface area (Å²) in [7, 11) is 0. The Balaban J connectivity index is 2.12. The topological polar surface area (TPSA) is 52.6 Å². The molecule has 18 heavy (non-hydrogen) atoms. The molecule has 1 heterocycles. The maximum Gasteiger partial charge on any atom is 0.342 e. The van der Waals surface area contributed by atoms with E-state index in [0.29, 0.717) is 6.42 Å². The van der Waals surface area contributed by atoms with Crippen LogP contribution in [0.15, 0.2) is 24.3 Å². The van der Waals surface area contributed by atoms with Crippen LogP contribution in [0, 0.1) is 0 Å². The lowest BCUT2D eigenvalue weighted by molar-refractivity contribution is -0.0801. The zero-order valence-electron chi connectivity index (χ0n) is 10.3. The van der Waals surface area contributed by atoms with Crippen molar-refractivity contribution < 1.29 is 19.1 Å². The number of rotatable bonds is 4. The van der Waals surface area contributed by atoms with Crippen molar-refractivity contribution in [3.05, 3.63) is 35.4 Å². The Kier molecular flexibility index (Phi) is 3.97. The minimum absolute atomic E-state index is 0.278. The van der Waals surface area contributed by atoms with Crippen LogP contribution in [0.5, 0.6) is 0 Å². The normalized spacial score (nSPS) is 15.6. The van der Waals surface area contributed by atoms with Crippen LogP contribution < -0.4 is 0 Å². The Morgan fingerprint density at radius 2 is 1.56 bits per heavy atom. The number of hydrogen-bond acceptors (Lipinski definition) is 4. The minimum atomic E-state index is -0.760. The maximum absolute atomic E-state index is 11.8. The smallest absolute Gasteiger partial charge is 0.342 e. The van der Waals surface area contributed by atoms with Crippen LogP contribution in [0.4, 0.5) is 0 Å². The van der Waals surface area contributed by atoms with Gasteiger partial charge in [-0.1, -0.05) is 31.9 Å². The minimum Gasteiger partial charge on any atom is -0.422 e. The highest BCUT2D eigenvalue weighted by molar-refractivity contribution is 6.04.